The molecule has 3 nitrogen and oxygen atoms in total. The molecule has 1 aliphatic rings. The number of aromatic nitrogens is 1. The van der Waals surface area contributed by atoms with Gasteiger partial charge in [-0.1, -0.05) is 50.2 Å². The minimum atomic E-state index is -1.24. The van der Waals surface area contributed by atoms with E-state index >= 15 is 0 Å². The molecular formula is C24H25NO2S. The Morgan fingerprint density at radius 1 is 1.00 bits per heavy atom. The van der Waals surface area contributed by atoms with E-state index in [1.54, 1.807) is 0 Å². The van der Waals surface area contributed by atoms with Gasteiger partial charge in [0, 0.05) is 39.6 Å². The monoisotopic (exact) mass is 391 g/mol. The molecular weight excluding hydrogens is 366 g/mol. The molecule has 4 heteroatoms. The van der Waals surface area contributed by atoms with Crippen LogP contribution in [0, 0.1) is 12.3 Å². The molecule has 4 rings (SSSR count). The normalized spacial score (nSPS) is 16.6. The smallest absolute Gasteiger partial charge is 0.165 e. The first-order valence-corrected chi connectivity index (χ1v) is 10.8. The van der Waals surface area contributed by atoms with Gasteiger partial charge >= 0.3 is 0 Å². The molecule has 3 aromatic rings. The number of ketones is 1. The molecule has 1 unspecified atom stereocenters. The van der Waals surface area contributed by atoms with Crippen LogP contribution < -0.4 is 0 Å². The van der Waals surface area contributed by atoms with Crippen LogP contribution in [0.3, 0.4) is 0 Å². The summed E-state index contributed by atoms with van der Waals surface area (Å²) in [7, 11) is -1.24. The highest BCUT2D eigenvalue weighted by Crippen LogP contribution is 2.38. The van der Waals surface area contributed by atoms with Gasteiger partial charge in [0.05, 0.1) is 10.8 Å². The third kappa shape index (κ3) is 3.49. The Balaban J connectivity index is 1.74. The summed E-state index contributed by atoms with van der Waals surface area (Å²) in [5, 5.41) is 0. The summed E-state index contributed by atoms with van der Waals surface area (Å²) < 4.78 is 13.2. The minimum Gasteiger partial charge on any atom is -0.362 e. The molecule has 0 saturated heterocycles. The molecule has 0 bridgehead atoms. The van der Waals surface area contributed by atoms with Crippen LogP contribution in [-0.4, -0.2) is 15.0 Å². The highest BCUT2D eigenvalue weighted by atomic mass is 32.2. The first-order chi connectivity index (χ1) is 13.4. The number of nitrogens with one attached hydrogen (secondary N) is 1. The lowest BCUT2D eigenvalue weighted by molar-refractivity contribution is 0.0911. The Kier molecular flexibility index (Phi) is 4.84. The quantitative estimate of drug-likeness (QED) is 0.661. The number of rotatable bonds is 4. The first-order valence-electron chi connectivity index (χ1n) is 9.64. The van der Waals surface area contributed by atoms with Crippen molar-refractivity contribution in [2.24, 2.45) is 5.41 Å². The third-order valence-electron chi connectivity index (χ3n) is 5.46. The summed E-state index contributed by atoms with van der Waals surface area (Å²) in [6.07, 6.45) is 2.06. The topological polar surface area (TPSA) is 49.9 Å². The predicted molar refractivity (Wildman–Crippen MR) is 112 cm³/mol. The van der Waals surface area contributed by atoms with Gasteiger partial charge in [-0.2, -0.15) is 0 Å². The molecule has 0 spiro atoms. The number of carbonyl (C=O) groups excluding carboxylic acids is 1. The van der Waals surface area contributed by atoms with Gasteiger partial charge in [0.15, 0.2) is 5.78 Å². The number of Topliss-reactive ketones (excluding diaryl/α,β-unsaturated/α-hetero) is 1. The largest absolute Gasteiger partial charge is 0.362 e. The Labute approximate surface area is 168 Å². The van der Waals surface area contributed by atoms with E-state index in [0.29, 0.717) is 12.8 Å². The van der Waals surface area contributed by atoms with E-state index in [2.05, 4.69) is 18.8 Å². The van der Waals surface area contributed by atoms with Crippen LogP contribution >= 0.6 is 0 Å². The number of hydrogen-bond donors (Lipinski definition) is 1. The standard InChI is InChI=1S/C24H25NO2S/c1-16-19(23-20(25-16)14-24(2,3)15-21(23)26)13-17-9-7-8-12-22(17)28(27)18-10-5-4-6-11-18/h4-12,25H,13-15H2,1-3H3. The summed E-state index contributed by atoms with van der Waals surface area (Å²) in [6, 6.07) is 17.4. The molecule has 1 aromatic heterocycles. The molecule has 0 aliphatic heterocycles. The van der Waals surface area contributed by atoms with Crippen molar-refractivity contribution in [3.8, 4) is 0 Å². The summed E-state index contributed by atoms with van der Waals surface area (Å²) >= 11 is 0. The molecule has 1 N–H and O–H groups in total. The lowest BCUT2D eigenvalue weighted by Crippen LogP contribution is -2.27. The van der Waals surface area contributed by atoms with E-state index in [1.165, 1.54) is 0 Å². The maximum absolute atomic E-state index is 13.2. The number of H-pyrrole nitrogens is 1. The molecule has 0 saturated carbocycles. The predicted octanol–water partition coefficient (Wildman–Crippen LogP) is 5.24. The highest BCUT2D eigenvalue weighted by molar-refractivity contribution is 7.85. The number of aromatic amines is 1. The SMILES string of the molecule is Cc1[nH]c2c(c1Cc1ccccc1S(=O)c1ccccc1)C(=O)CC(C)(C)C2. The van der Waals surface area contributed by atoms with E-state index in [1.807, 2.05) is 61.5 Å². The Bertz CT molecular complexity index is 1060. The molecule has 1 aliphatic carbocycles. The summed E-state index contributed by atoms with van der Waals surface area (Å²) in [5.41, 5.74) is 5.00. The first kappa shape index (κ1) is 18.9. The van der Waals surface area contributed by atoms with Gasteiger partial charge in [0.1, 0.15) is 0 Å². The maximum Gasteiger partial charge on any atom is 0.165 e. The average molecular weight is 392 g/mol. The zero-order valence-corrected chi connectivity index (χ0v) is 17.4. The lowest BCUT2D eigenvalue weighted by Gasteiger charge is -2.28. The van der Waals surface area contributed by atoms with Crippen molar-refractivity contribution in [3.05, 3.63) is 82.7 Å². The van der Waals surface area contributed by atoms with Gasteiger partial charge < -0.3 is 4.98 Å². The van der Waals surface area contributed by atoms with Gasteiger partial charge in [-0.15, -0.1) is 0 Å². The van der Waals surface area contributed by atoms with Crippen LogP contribution in [0.1, 0.15) is 53.1 Å². The second-order valence-electron chi connectivity index (χ2n) is 8.39. The fourth-order valence-electron chi connectivity index (χ4n) is 4.18. The van der Waals surface area contributed by atoms with Gasteiger partial charge in [-0.05, 0) is 48.1 Å². The Morgan fingerprint density at radius 3 is 2.43 bits per heavy atom. The second kappa shape index (κ2) is 7.17. The Hall–Kier alpha value is -2.46. The fraction of sp³-hybridized carbons (Fsp3) is 0.292. The zero-order valence-electron chi connectivity index (χ0n) is 16.5. The van der Waals surface area contributed by atoms with Gasteiger partial charge in [-0.3, -0.25) is 4.79 Å². The fourth-order valence-corrected chi connectivity index (χ4v) is 5.42. The molecule has 0 fully saturated rings. The molecule has 1 atom stereocenters. The van der Waals surface area contributed by atoms with Crippen molar-refractivity contribution in [1.82, 2.24) is 4.98 Å². The molecule has 0 amide bonds. The van der Waals surface area contributed by atoms with Crippen LogP contribution in [0.5, 0.6) is 0 Å². The van der Waals surface area contributed by atoms with Crippen molar-refractivity contribution in [2.45, 2.75) is 49.8 Å². The summed E-state index contributed by atoms with van der Waals surface area (Å²) in [5.74, 6) is 0.215. The third-order valence-corrected chi connectivity index (χ3v) is 6.96. The average Bonchev–Trinajstić information content (AvgIpc) is 2.96. The van der Waals surface area contributed by atoms with Crippen LogP contribution in [0.2, 0.25) is 0 Å². The van der Waals surface area contributed by atoms with E-state index in [4.69, 9.17) is 0 Å². The Morgan fingerprint density at radius 2 is 1.68 bits per heavy atom. The van der Waals surface area contributed by atoms with E-state index in [-0.39, 0.29) is 11.2 Å². The summed E-state index contributed by atoms with van der Waals surface area (Å²) in [4.78, 5) is 17.9. The van der Waals surface area contributed by atoms with Crippen molar-refractivity contribution in [1.29, 1.82) is 0 Å². The molecule has 1 heterocycles. The van der Waals surface area contributed by atoms with E-state index < -0.39 is 10.8 Å². The highest BCUT2D eigenvalue weighted by Gasteiger charge is 2.34. The minimum absolute atomic E-state index is 0.00857. The van der Waals surface area contributed by atoms with Crippen LogP contribution in [0.4, 0.5) is 0 Å². The van der Waals surface area contributed by atoms with E-state index in [0.717, 1.165) is 44.3 Å². The summed E-state index contributed by atoms with van der Waals surface area (Å²) in [6.45, 7) is 6.31. The number of benzene rings is 2. The number of carbonyl (C=O) groups is 1. The number of hydrogen-bond acceptors (Lipinski definition) is 2. The van der Waals surface area contributed by atoms with Crippen LogP contribution in [0.15, 0.2) is 64.4 Å². The van der Waals surface area contributed by atoms with Crippen molar-refractivity contribution >= 4 is 16.6 Å². The van der Waals surface area contributed by atoms with E-state index in [9.17, 15) is 9.00 Å². The second-order valence-corrected chi connectivity index (χ2v) is 9.84. The molecule has 28 heavy (non-hydrogen) atoms. The molecule has 0 radical (unpaired) electrons. The molecule has 2 aromatic carbocycles. The zero-order chi connectivity index (χ0) is 19.9. The number of fused-ring (bicyclic) bond motifs is 1. The van der Waals surface area contributed by atoms with Crippen molar-refractivity contribution in [2.75, 3.05) is 0 Å². The maximum atomic E-state index is 13.2. The number of aryl methyl sites for hydroxylation is 1. The van der Waals surface area contributed by atoms with Crippen LogP contribution in [-0.2, 0) is 23.6 Å². The van der Waals surface area contributed by atoms with Gasteiger partial charge in [-0.25, -0.2) is 4.21 Å². The van der Waals surface area contributed by atoms with Gasteiger partial charge in [0.25, 0.3) is 0 Å². The van der Waals surface area contributed by atoms with Crippen molar-refractivity contribution in [3.63, 3.8) is 0 Å². The van der Waals surface area contributed by atoms with Gasteiger partial charge in [0.2, 0.25) is 0 Å². The van der Waals surface area contributed by atoms with Crippen LogP contribution in [0.25, 0.3) is 0 Å². The lowest BCUT2D eigenvalue weighted by atomic mass is 9.75. The van der Waals surface area contributed by atoms with Crippen molar-refractivity contribution < 1.29 is 9.00 Å². The molecule has 144 valence electrons.